The van der Waals surface area contributed by atoms with E-state index >= 15 is 0 Å². The summed E-state index contributed by atoms with van der Waals surface area (Å²) in [6.45, 7) is 7.77. The number of halogens is 1. The number of allylic oxidation sites excluding steroid dienone is 2. The second-order valence-electron chi connectivity index (χ2n) is 8.48. The van der Waals surface area contributed by atoms with Gasteiger partial charge in [0.05, 0.1) is 12.1 Å². The second kappa shape index (κ2) is 8.86. The number of benzene rings is 1. The molecule has 0 radical (unpaired) electrons. The minimum absolute atomic E-state index is 0.0630. The Bertz CT molecular complexity index is 839. The molecule has 1 fully saturated rings. The first-order valence-electron chi connectivity index (χ1n) is 9.97. The first-order valence-corrected chi connectivity index (χ1v) is 9.97. The highest BCUT2D eigenvalue weighted by Gasteiger charge is 2.32. The molecule has 1 heterocycles. The van der Waals surface area contributed by atoms with E-state index in [1.807, 2.05) is 13.8 Å². The molecule has 1 aliphatic carbocycles. The molecule has 0 unspecified atom stereocenters. The normalized spacial score (nSPS) is 20.5. The van der Waals surface area contributed by atoms with E-state index in [4.69, 9.17) is 0 Å². The Hall–Kier alpha value is -2.54. The van der Waals surface area contributed by atoms with Crippen LogP contribution in [0.2, 0.25) is 0 Å². The van der Waals surface area contributed by atoms with Crippen LogP contribution in [-0.4, -0.2) is 72.1 Å². The van der Waals surface area contributed by atoms with E-state index in [0.29, 0.717) is 50.2 Å². The molecule has 2 aliphatic rings. The fourth-order valence-electron chi connectivity index (χ4n) is 3.78. The number of amides is 1. The van der Waals surface area contributed by atoms with Gasteiger partial charge in [0.2, 0.25) is 0 Å². The zero-order chi connectivity index (χ0) is 21.0. The number of carbonyl (C=O) groups is 2. The van der Waals surface area contributed by atoms with Crippen LogP contribution >= 0.6 is 0 Å². The zero-order valence-corrected chi connectivity index (χ0v) is 17.0. The van der Waals surface area contributed by atoms with Crippen LogP contribution < -0.4 is 0 Å². The van der Waals surface area contributed by atoms with Gasteiger partial charge in [-0.15, -0.1) is 0 Å². The molecule has 1 amide bonds. The number of nitrogens with zero attached hydrogens (tertiary/aromatic N) is 3. The summed E-state index contributed by atoms with van der Waals surface area (Å²) in [7, 11) is 0. The lowest BCUT2D eigenvalue weighted by molar-refractivity contribution is -0.117. The number of piperazine rings is 1. The standard InChI is InChI=1S/C22H28FN3O3/c1-22(2)13-19(27)18(20(28)14-22)15-24-6-7-25-8-10-26(11-9-25)21(29)16-4-3-5-17(23)12-16/h3-5,12,15,27H,6-11,13-14H2,1-2H3. The molecular formula is C22H28FN3O3. The monoisotopic (exact) mass is 401 g/mol. The molecule has 3 rings (SSSR count). The summed E-state index contributed by atoms with van der Waals surface area (Å²) in [5.74, 6) is -0.497. The van der Waals surface area contributed by atoms with Gasteiger partial charge in [0.25, 0.3) is 5.91 Å². The first-order chi connectivity index (χ1) is 13.7. The lowest BCUT2D eigenvalue weighted by Crippen LogP contribution is -2.49. The van der Waals surface area contributed by atoms with Crippen molar-refractivity contribution in [1.29, 1.82) is 0 Å². The van der Waals surface area contributed by atoms with Gasteiger partial charge in [-0.2, -0.15) is 0 Å². The molecule has 1 N–H and O–H groups in total. The average Bonchev–Trinajstić information content (AvgIpc) is 2.66. The van der Waals surface area contributed by atoms with Crippen LogP contribution in [0.5, 0.6) is 0 Å². The third-order valence-corrected chi connectivity index (χ3v) is 5.39. The third kappa shape index (κ3) is 5.50. The van der Waals surface area contributed by atoms with Gasteiger partial charge >= 0.3 is 0 Å². The largest absolute Gasteiger partial charge is 0.511 e. The summed E-state index contributed by atoms with van der Waals surface area (Å²) in [4.78, 5) is 32.9. The third-order valence-electron chi connectivity index (χ3n) is 5.39. The van der Waals surface area contributed by atoms with Crippen molar-refractivity contribution in [3.05, 3.63) is 47.0 Å². The van der Waals surface area contributed by atoms with Crippen LogP contribution in [0.1, 0.15) is 37.0 Å². The quantitative estimate of drug-likeness (QED) is 0.770. The van der Waals surface area contributed by atoms with Crippen LogP contribution in [0.15, 0.2) is 40.6 Å². The Morgan fingerprint density at radius 2 is 1.97 bits per heavy atom. The number of Topliss-reactive ketones (excluding diaryl/α,β-unsaturated/α-hetero) is 1. The number of hydrogen-bond donors (Lipinski definition) is 1. The molecule has 1 aliphatic heterocycles. The highest BCUT2D eigenvalue weighted by atomic mass is 19.1. The minimum Gasteiger partial charge on any atom is -0.511 e. The van der Waals surface area contributed by atoms with E-state index in [2.05, 4.69) is 9.89 Å². The van der Waals surface area contributed by atoms with Crippen molar-refractivity contribution in [2.75, 3.05) is 39.3 Å². The number of aliphatic hydroxyl groups excluding tert-OH is 1. The van der Waals surface area contributed by atoms with Crippen LogP contribution in [-0.2, 0) is 4.79 Å². The summed E-state index contributed by atoms with van der Waals surface area (Å²) in [5.41, 5.74) is 0.493. The fourth-order valence-corrected chi connectivity index (χ4v) is 3.78. The van der Waals surface area contributed by atoms with Crippen LogP contribution in [0.25, 0.3) is 0 Å². The number of carbonyl (C=O) groups excluding carboxylic acids is 2. The predicted molar refractivity (Wildman–Crippen MR) is 110 cm³/mol. The molecular weight excluding hydrogens is 373 g/mol. The number of ketones is 1. The van der Waals surface area contributed by atoms with E-state index in [0.717, 1.165) is 13.1 Å². The van der Waals surface area contributed by atoms with Crippen molar-refractivity contribution in [2.24, 2.45) is 10.4 Å². The Labute approximate surface area is 170 Å². The van der Waals surface area contributed by atoms with Crippen LogP contribution in [0, 0.1) is 11.2 Å². The number of hydrogen-bond acceptors (Lipinski definition) is 5. The molecule has 0 atom stereocenters. The van der Waals surface area contributed by atoms with Crippen molar-refractivity contribution in [1.82, 2.24) is 9.80 Å². The highest BCUT2D eigenvalue weighted by molar-refractivity contribution is 6.14. The van der Waals surface area contributed by atoms with Gasteiger partial charge < -0.3 is 10.0 Å². The van der Waals surface area contributed by atoms with Gasteiger partial charge in [-0.25, -0.2) is 4.39 Å². The number of aliphatic imine (C=N–C) groups is 1. The van der Waals surface area contributed by atoms with Gasteiger partial charge in [-0.3, -0.25) is 19.5 Å². The molecule has 0 bridgehead atoms. The Morgan fingerprint density at radius 3 is 2.62 bits per heavy atom. The van der Waals surface area contributed by atoms with Crippen molar-refractivity contribution in [3.8, 4) is 0 Å². The minimum atomic E-state index is -0.409. The fraction of sp³-hybridized carbons (Fsp3) is 0.500. The molecule has 1 saturated heterocycles. The SMILES string of the molecule is CC1(C)CC(=O)C(C=NCCN2CCN(C(=O)c3cccc(F)c3)CC2)=C(O)C1. The van der Waals surface area contributed by atoms with Crippen molar-refractivity contribution < 1.29 is 19.1 Å². The maximum Gasteiger partial charge on any atom is 0.254 e. The number of rotatable bonds is 5. The average molecular weight is 401 g/mol. The van der Waals surface area contributed by atoms with Crippen LogP contribution in [0.4, 0.5) is 4.39 Å². The van der Waals surface area contributed by atoms with E-state index < -0.39 is 5.82 Å². The second-order valence-corrected chi connectivity index (χ2v) is 8.48. The highest BCUT2D eigenvalue weighted by Crippen LogP contribution is 2.35. The molecule has 0 saturated carbocycles. The van der Waals surface area contributed by atoms with E-state index in [1.54, 1.807) is 17.0 Å². The first kappa shape index (κ1) is 21.2. The maximum absolute atomic E-state index is 13.3. The zero-order valence-electron chi connectivity index (χ0n) is 17.0. The topological polar surface area (TPSA) is 73.2 Å². The molecule has 0 aromatic heterocycles. The van der Waals surface area contributed by atoms with Crippen LogP contribution in [0.3, 0.4) is 0 Å². The predicted octanol–water partition coefficient (Wildman–Crippen LogP) is 2.86. The summed E-state index contributed by atoms with van der Waals surface area (Å²) in [6.07, 6.45) is 2.40. The number of aliphatic hydroxyl groups is 1. The molecule has 29 heavy (non-hydrogen) atoms. The summed E-state index contributed by atoms with van der Waals surface area (Å²) in [6, 6.07) is 5.76. The van der Waals surface area contributed by atoms with E-state index in [9.17, 15) is 19.1 Å². The smallest absolute Gasteiger partial charge is 0.254 e. The van der Waals surface area contributed by atoms with Gasteiger partial charge in [-0.05, 0) is 23.6 Å². The van der Waals surface area contributed by atoms with E-state index in [1.165, 1.54) is 18.3 Å². The maximum atomic E-state index is 13.3. The molecule has 156 valence electrons. The van der Waals surface area contributed by atoms with Gasteiger partial charge in [0.15, 0.2) is 5.78 Å². The molecule has 7 heteroatoms. The molecule has 0 spiro atoms. The lowest BCUT2D eigenvalue weighted by atomic mass is 9.77. The van der Waals surface area contributed by atoms with Gasteiger partial charge in [0, 0.05) is 57.3 Å². The Balaban J connectivity index is 1.45. The van der Waals surface area contributed by atoms with E-state index in [-0.39, 0.29) is 22.9 Å². The van der Waals surface area contributed by atoms with Gasteiger partial charge in [-0.1, -0.05) is 19.9 Å². The summed E-state index contributed by atoms with van der Waals surface area (Å²) >= 11 is 0. The van der Waals surface area contributed by atoms with Crippen molar-refractivity contribution >= 4 is 17.9 Å². The molecule has 1 aromatic carbocycles. The Morgan fingerprint density at radius 1 is 1.24 bits per heavy atom. The van der Waals surface area contributed by atoms with Crippen molar-refractivity contribution in [3.63, 3.8) is 0 Å². The summed E-state index contributed by atoms with van der Waals surface area (Å²) in [5, 5.41) is 10.1. The Kier molecular flexibility index (Phi) is 6.47. The van der Waals surface area contributed by atoms with Gasteiger partial charge in [0.1, 0.15) is 11.6 Å². The summed E-state index contributed by atoms with van der Waals surface area (Å²) < 4.78 is 13.3. The molecule has 1 aromatic rings. The lowest BCUT2D eigenvalue weighted by Gasteiger charge is -2.34. The molecule has 6 nitrogen and oxygen atoms in total. The van der Waals surface area contributed by atoms with Crippen molar-refractivity contribution in [2.45, 2.75) is 26.7 Å².